The Labute approximate surface area is 239 Å². The lowest BCUT2D eigenvalue weighted by Gasteiger charge is -2.32. The molecule has 0 radical (unpaired) electrons. The Morgan fingerprint density at radius 2 is 1.27 bits per heavy atom. The number of hydrogen-bond acceptors (Lipinski definition) is 3. The van der Waals surface area contributed by atoms with Crippen molar-refractivity contribution in [2.45, 2.75) is 38.9 Å². The highest BCUT2D eigenvalue weighted by atomic mass is 16.7. The fourth-order valence-electron chi connectivity index (χ4n) is 6.16. The molecule has 0 atom stereocenters. The first-order chi connectivity index (χ1) is 19.8. The van der Waals surface area contributed by atoms with Gasteiger partial charge in [0.2, 0.25) is 0 Å². The highest BCUT2D eigenvalue weighted by molar-refractivity contribution is 6.65. The molecule has 4 nitrogen and oxygen atoms in total. The highest BCUT2D eigenvalue weighted by Crippen LogP contribution is 2.39. The van der Waals surface area contributed by atoms with Crippen LogP contribution in [0.1, 0.15) is 27.7 Å². The molecular weight excluding hydrogens is 505 g/mol. The summed E-state index contributed by atoms with van der Waals surface area (Å²) in [7, 11) is -0.486. The maximum atomic E-state index is 6.60. The topological polar surface area (TPSA) is 36.5 Å². The van der Waals surface area contributed by atoms with Crippen LogP contribution in [0.2, 0.25) is 0 Å². The van der Waals surface area contributed by atoms with Gasteiger partial charge in [-0.25, -0.2) is 0 Å². The molecule has 0 saturated carbocycles. The molecule has 0 unspecified atom stereocenters. The molecule has 1 saturated heterocycles. The molecule has 41 heavy (non-hydrogen) atoms. The van der Waals surface area contributed by atoms with Crippen LogP contribution in [0.15, 0.2) is 114 Å². The van der Waals surface area contributed by atoms with Crippen molar-refractivity contribution in [2.24, 2.45) is 0 Å². The molecule has 8 rings (SSSR count). The molecule has 5 heteroatoms. The van der Waals surface area contributed by atoms with E-state index >= 15 is 0 Å². The SMILES string of the molecule is CC1(C)OB(c2cccc3c2oc2cc(-n4c5ccccc5c5cc(-c6ccccc6)ccc54)ccc23)OC1(C)C. The van der Waals surface area contributed by atoms with Gasteiger partial charge in [-0.05, 0) is 69.2 Å². The number of hydrogen-bond donors (Lipinski definition) is 0. The normalized spacial score (nSPS) is 16.4. The lowest BCUT2D eigenvalue weighted by molar-refractivity contribution is 0.00578. The van der Waals surface area contributed by atoms with Gasteiger partial charge in [-0.3, -0.25) is 0 Å². The zero-order valence-corrected chi connectivity index (χ0v) is 23.6. The van der Waals surface area contributed by atoms with E-state index in [0.717, 1.165) is 33.1 Å². The van der Waals surface area contributed by atoms with Gasteiger partial charge in [-0.2, -0.15) is 0 Å². The van der Waals surface area contributed by atoms with E-state index in [1.54, 1.807) is 0 Å². The Morgan fingerprint density at radius 3 is 2.07 bits per heavy atom. The molecule has 1 aliphatic rings. The van der Waals surface area contributed by atoms with Crippen LogP contribution in [0.25, 0.3) is 60.6 Å². The molecule has 3 heterocycles. The van der Waals surface area contributed by atoms with Crippen molar-refractivity contribution >= 4 is 56.3 Å². The predicted octanol–water partition coefficient (Wildman–Crippen LogP) is 8.65. The largest absolute Gasteiger partial charge is 0.498 e. The minimum Gasteiger partial charge on any atom is -0.456 e. The Hall–Kier alpha value is -4.32. The van der Waals surface area contributed by atoms with Gasteiger partial charge in [-0.15, -0.1) is 0 Å². The third-order valence-electron chi connectivity index (χ3n) is 9.06. The second-order valence-corrected chi connectivity index (χ2v) is 12.0. The van der Waals surface area contributed by atoms with Gasteiger partial charge in [0.05, 0.1) is 22.2 Å². The van der Waals surface area contributed by atoms with Gasteiger partial charge in [0.1, 0.15) is 11.2 Å². The van der Waals surface area contributed by atoms with Crippen LogP contribution >= 0.6 is 0 Å². The van der Waals surface area contributed by atoms with Crippen LogP contribution in [0.4, 0.5) is 0 Å². The monoisotopic (exact) mass is 535 g/mol. The van der Waals surface area contributed by atoms with Gasteiger partial charge >= 0.3 is 7.12 Å². The number of nitrogens with zero attached hydrogens (tertiary/aromatic N) is 1. The third kappa shape index (κ3) is 3.63. The number of furan rings is 1. The lowest BCUT2D eigenvalue weighted by atomic mass is 9.78. The van der Waals surface area contributed by atoms with Gasteiger partial charge in [0.15, 0.2) is 0 Å². The molecule has 0 spiro atoms. The molecule has 0 aliphatic carbocycles. The summed E-state index contributed by atoms with van der Waals surface area (Å²) in [6.45, 7) is 8.30. The summed E-state index contributed by atoms with van der Waals surface area (Å²) in [6.07, 6.45) is 0. The molecule has 5 aromatic carbocycles. The van der Waals surface area contributed by atoms with Crippen molar-refractivity contribution in [3.63, 3.8) is 0 Å². The van der Waals surface area contributed by atoms with Crippen LogP contribution in [0, 0.1) is 0 Å². The van der Waals surface area contributed by atoms with Crippen molar-refractivity contribution < 1.29 is 13.7 Å². The van der Waals surface area contributed by atoms with Crippen molar-refractivity contribution in [2.75, 3.05) is 0 Å². The Morgan fingerprint density at radius 1 is 0.561 bits per heavy atom. The van der Waals surface area contributed by atoms with Crippen LogP contribution in [0.3, 0.4) is 0 Å². The zero-order chi connectivity index (χ0) is 27.9. The Bertz CT molecular complexity index is 2100. The van der Waals surface area contributed by atoms with Gasteiger partial charge in [-0.1, -0.05) is 72.8 Å². The lowest BCUT2D eigenvalue weighted by Crippen LogP contribution is -2.41. The van der Waals surface area contributed by atoms with Crippen molar-refractivity contribution in [1.82, 2.24) is 4.57 Å². The van der Waals surface area contributed by atoms with Crippen molar-refractivity contribution in [3.05, 3.63) is 109 Å². The molecule has 1 aliphatic heterocycles. The fraction of sp³-hybridized carbons (Fsp3) is 0.167. The molecule has 1 fully saturated rings. The van der Waals surface area contributed by atoms with Gasteiger partial charge < -0.3 is 18.3 Å². The minimum atomic E-state index is -0.486. The van der Waals surface area contributed by atoms with E-state index in [-0.39, 0.29) is 0 Å². The summed E-state index contributed by atoms with van der Waals surface area (Å²) < 4.78 is 21.7. The quantitative estimate of drug-likeness (QED) is 0.213. The maximum Gasteiger partial charge on any atom is 0.498 e. The second-order valence-electron chi connectivity index (χ2n) is 12.0. The number of rotatable bonds is 3. The van der Waals surface area contributed by atoms with E-state index in [4.69, 9.17) is 13.7 Å². The summed E-state index contributed by atoms with van der Waals surface area (Å²) >= 11 is 0. The summed E-state index contributed by atoms with van der Waals surface area (Å²) in [5.74, 6) is 0. The maximum absolute atomic E-state index is 6.60. The molecule has 0 N–H and O–H groups in total. The number of benzene rings is 5. The van der Waals surface area contributed by atoms with Crippen LogP contribution in [-0.2, 0) is 9.31 Å². The summed E-state index contributed by atoms with van der Waals surface area (Å²) in [5, 5.41) is 4.60. The first kappa shape index (κ1) is 24.5. The van der Waals surface area contributed by atoms with Crippen LogP contribution in [-0.4, -0.2) is 22.9 Å². The molecule has 2 aromatic heterocycles. The van der Waals surface area contributed by atoms with E-state index in [1.165, 1.54) is 32.9 Å². The fourth-order valence-corrected chi connectivity index (χ4v) is 6.16. The van der Waals surface area contributed by atoms with Crippen LogP contribution in [0.5, 0.6) is 0 Å². The Kier molecular flexibility index (Phi) is 5.13. The third-order valence-corrected chi connectivity index (χ3v) is 9.06. The molecule has 0 amide bonds. The smallest absolute Gasteiger partial charge is 0.456 e. The van der Waals surface area contributed by atoms with E-state index in [1.807, 2.05) is 6.07 Å². The van der Waals surface area contributed by atoms with E-state index in [9.17, 15) is 0 Å². The van der Waals surface area contributed by atoms with Gasteiger partial charge in [0.25, 0.3) is 0 Å². The first-order valence-corrected chi connectivity index (χ1v) is 14.2. The summed E-state index contributed by atoms with van der Waals surface area (Å²) in [5.41, 5.74) is 7.56. The second kappa shape index (κ2) is 8.59. The molecule has 200 valence electrons. The van der Waals surface area contributed by atoms with Gasteiger partial charge in [0, 0.05) is 38.8 Å². The van der Waals surface area contributed by atoms with Crippen molar-refractivity contribution in [1.29, 1.82) is 0 Å². The standard InChI is InChI=1S/C36H30BNO3/c1-35(2)36(3,4)41-37(40-35)30-15-10-14-28-27-19-18-25(22-33(27)39-34(28)30)38-31-16-9-8-13-26(31)29-21-24(17-20-32(29)38)23-11-6-5-7-12-23/h5-22H,1-4H3. The predicted molar refractivity (Wildman–Crippen MR) is 169 cm³/mol. The number of para-hydroxylation sites is 2. The molecule has 7 aromatic rings. The van der Waals surface area contributed by atoms with Crippen molar-refractivity contribution in [3.8, 4) is 16.8 Å². The Balaban J connectivity index is 1.30. The minimum absolute atomic E-state index is 0.421. The summed E-state index contributed by atoms with van der Waals surface area (Å²) in [4.78, 5) is 0. The van der Waals surface area contributed by atoms with E-state index in [2.05, 4.69) is 135 Å². The first-order valence-electron chi connectivity index (χ1n) is 14.2. The molecular formula is C36H30BNO3. The average Bonchev–Trinajstić information content (AvgIpc) is 3.58. The van der Waals surface area contributed by atoms with E-state index in [0.29, 0.717) is 0 Å². The van der Waals surface area contributed by atoms with Crippen LogP contribution < -0.4 is 5.46 Å². The number of aromatic nitrogens is 1. The summed E-state index contributed by atoms with van der Waals surface area (Å²) in [6, 6.07) is 38.6. The zero-order valence-electron chi connectivity index (χ0n) is 23.6. The highest BCUT2D eigenvalue weighted by Gasteiger charge is 2.52. The number of fused-ring (bicyclic) bond motifs is 6. The van der Waals surface area contributed by atoms with E-state index < -0.39 is 18.3 Å². The molecule has 0 bridgehead atoms. The average molecular weight is 535 g/mol.